The van der Waals surface area contributed by atoms with Crippen LogP contribution >= 0.6 is 0 Å². The van der Waals surface area contributed by atoms with Gasteiger partial charge in [0.15, 0.2) is 0 Å². The number of benzene rings is 1. The van der Waals surface area contributed by atoms with Gasteiger partial charge in [0.2, 0.25) is 20.0 Å². The molecule has 28 heavy (non-hydrogen) atoms. The highest BCUT2D eigenvalue weighted by Gasteiger charge is 2.34. The van der Waals surface area contributed by atoms with E-state index >= 15 is 0 Å². The molecule has 1 heterocycles. The van der Waals surface area contributed by atoms with E-state index in [0.717, 1.165) is 32.9 Å². The predicted octanol–water partition coefficient (Wildman–Crippen LogP) is -1.27. The number of nitriles is 1. The van der Waals surface area contributed by atoms with E-state index in [1.54, 1.807) is 0 Å². The lowest BCUT2D eigenvalue weighted by Gasteiger charge is -2.35. The first-order chi connectivity index (χ1) is 12.9. The summed E-state index contributed by atoms with van der Waals surface area (Å²) in [5.74, 6) is 0. The Morgan fingerprint density at radius 2 is 1.43 bits per heavy atom. The van der Waals surface area contributed by atoms with Crippen LogP contribution < -0.4 is 5.14 Å². The van der Waals surface area contributed by atoms with E-state index in [-0.39, 0.29) is 48.9 Å². The number of hydrogen-bond donors (Lipinski definition) is 1. The van der Waals surface area contributed by atoms with Crippen LogP contribution in [0.1, 0.15) is 6.42 Å². The second-order valence-electron chi connectivity index (χ2n) is 6.06. The van der Waals surface area contributed by atoms with Crippen LogP contribution in [0.2, 0.25) is 0 Å². The van der Waals surface area contributed by atoms with Crippen LogP contribution in [-0.4, -0.2) is 77.9 Å². The lowest BCUT2D eigenvalue weighted by atomic mass is 10.4. The van der Waals surface area contributed by atoms with Crippen molar-refractivity contribution < 1.29 is 25.3 Å². The van der Waals surface area contributed by atoms with Gasteiger partial charge < -0.3 is 0 Å². The highest BCUT2D eigenvalue weighted by Crippen LogP contribution is 2.21. The average Bonchev–Trinajstić information content (AvgIpc) is 2.65. The highest BCUT2D eigenvalue weighted by molar-refractivity contribution is 7.89. The molecular formula is C14H21N5O6S3. The van der Waals surface area contributed by atoms with Gasteiger partial charge >= 0.3 is 0 Å². The van der Waals surface area contributed by atoms with Gasteiger partial charge in [-0.3, -0.25) is 0 Å². The van der Waals surface area contributed by atoms with Gasteiger partial charge in [-0.05, 0) is 24.3 Å². The molecule has 0 unspecified atom stereocenters. The molecule has 0 amide bonds. The Hall–Kier alpha value is -1.60. The maximum absolute atomic E-state index is 12.7. The molecule has 1 aromatic rings. The first-order valence-corrected chi connectivity index (χ1v) is 12.5. The molecule has 1 fully saturated rings. The van der Waals surface area contributed by atoms with Gasteiger partial charge in [-0.2, -0.15) is 26.6 Å². The molecule has 1 aromatic carbocycles. The summed E-state index contributed by atoms with van der Waals surface area (Å²) in [6.45, 7) is -0.121. The molecule has 0 spiro atoms. The molecule has 14 heteroatoms. The number of sulfonamides is 2. The molecule has 156 valence electrons. The van der Waals surface area contributed by atoms with Gasteiger partial charge in [-0.1, -0.05) is 0 Å². The molecule has 1 aliphatic heterocycles. The SMILES string of the molecule is CN(CCC#N)S(=O)(=O)N1CCN(S(=O)(=O)c2ccc(S(N)(=O)=O)cc2)CC1. The molecule has 0 aliphatic carbocycles. The summed E-state index contributed by atoms with van der Waals surface area (Å²) in [5, 5.41) is 13.6. The van der Waals surface area contributed by atoms with Crippen molar-refractivity contribution >= 4 is 30.3 Å². The molecule has 1 aliphatic rings. The van der Waals surface area contributed by atoms with Gasteiger partial charge in [0.25, 0.3) is 10.2 Å². The van der Waals surface area contributed by atoms with E-state index < -0.39 is 30.3 Å². The van der Waals surface area contributed by atoms with Crippen molar-refractivity contribution in [2.75, 3.05) is 39.8 Å². The second-order valence-corrected chi connectivity index (χ2v) is 11.6. The quantitative estimate of drug-likeness (QED) is 0.540. The van der Waals surface area contributed by atoms with Crippen LogP contribution in [-0.2, 0) is 30.3 Å². The van der Waals surface area contributed by atoms with Crippen LogP contribution in [0.4, 0.5) is 0 Å². The van der Waals surface area contributed by atoms with E-state index in [1.165, 1.54) is 11.4 Å². The minimum atomic E-state index is -3.94. The summed E-state index contributed by atoms with van der Waals surface area (Å²) < 4.78 is 76.3. The summed E-state index contributed by atoms with van der Waals surface area (Å²) in [5.41, 5.74) is 0. The predicted molar refractivity (Wildman–Crippen MR) is 99.9 cm³/mol. The summed E-state index contributed by atoms with van der Waals surface area (Å²) >= 11 is 0. The van der Waals surface area contributed by atoms with Crippen molar-refractivity contribution in [2.24, 2.45) is 5.14 Å². The third-order valence-electron chi connectivity index (χ3n) is 4.25. The fourth-order valence-electron chi connectivity index (χ4n) is 2.61. The number of piperazine rings is 1. The second kappa shape index (κ2) is 8.41. The Kier molecular flexibility index (Phi) is 6.82. The molecule has 0 radical (unpaired) electrons. The smallest absolute Gasteiger partial charge is 0.225 e. The number of hydrogen-bond acceptors (Lipinski definition) is 7. The summed E-state index contributed by atoms with van der Waals surface area (Å²) in [6.07, 6.45) is 0.0542. The van der Waals surface area contributed by atoms with Crippen LogP contribution in [0.5, 0.6) is 0 Å². The Morgan fingerprint density at radius 1 is 0.964 bits per heavy atom. The molecule has 1 saturated heterocycles. The van der Waals surface area contributed by atoms with Crippen molar-refractivity contribution in [1.82, 2.24) is 12.9 Å². The van der Waals surface area contributed by atoms with Crippen LogP contribution in [0.3, 0.4) is 0 Å². The van der Waals surface area contributed by atoms with Crippen LogP contribution in [0.25, 0.3) is 0 Å². The third kappa shape index (κ3) is 4.87. The molecule has 0 atom stereocenters. The van der Waals surface area contributed by atoms with E-state index in [0.29, 0.717) is 0 Å². The Morgan fingerprint density at radius 3 is 1.89 bits per heavy atom. The topological polar surface area (TPSA) is 162 Å². The normalized spacial score (nSPS) is 17.5. The Labute approximate surface area is 165 Å². The molecule has 0 aromatic heterocycles. The molecule has 2 rings (SSSR count). The van der Waals surface area contributed by atoms with Crippen LogP contribution in [0, 0.1) is 11.3 Å². The molecule has 11 nitrogen and oxygen atoms in total. The summed E-state index contributed by atoms with van der Waals surface area (Å²) in [7, 11) is -10.3. The molecule has 2 N–H and O–H groups in total. The summed E-state index contributed by atoms with van der Waals surface area (Å²) in [6, 6.07) is 6.38. The maximum Gasteiger partial charge on any atom is 0.281 e. The number of primary sulfonamides is 1. The first kappa shape index (κ1) is 22.7. The van der Waals surface area contributed by atoms with Gasteiger partial charge in [0.05, 0.1) is 15.9 Å². The number of rotatable bonds is 7. The number of nitrogens with zero attached hydrogens (tertiary/aromatic N) is 4. The van der Waals surface area contributed by atoms with Crippen molar-refractivity contribution in [3.63, 3.8) is 0 Å². The zero-order chi connectivity index (χ0) is 21.2. The van der Waals surface area contributed by atoms with Crippen molar-refractivity contribution in [3.05, 3.63) is 24.3 Å². The third-order valence-corrected chi connectivity index (χ3v) is 9.08. The van der Waals surface area contributed by atoms with Gasteiger partial charge in [-0.25, -0.2) is 22.0 Å². The zero-order valence-corrected chi connectivity index (χ0v) is 17.5. The lowest BCUT2D eigenvalue weighted by Crippen LogP contribution is -2.53. The Bertz CT molecular complexity index is 1050. The molecule has 0 bridgehead atoms. The van der Waals surface area contributed by atoms with E-state index in [1.807, 2.05) is 6.07 Å². The minimum Gasteiger partial charge on any atom is -0.225 e. The largest absolute Gasteiger partial charge is 0.281 e. The standard InChI is InChI=1S/C14H21N5O6S3/c1-17(8-2-7-15)28(24,25)19-11-9-18(10-12-19)27(22,23)14-5-3-13(4-6-14)26(16,20)21/h3-6H,2,8-12H2,1H3,(H2,16,20,21). The van der Waals surface area contributed by atoms with E-state index in [9.17, 15) is 25.3 Å². The monoisotopic (exact) mass is 451 g/mol. The maximum atomic E-state index is 12.7. The molecular weight excluding hydrogens is 430 g/mol. The van der Waals surface area contributed by atoms with Gasteiger partial charge in [-0.15, -0.1) is 0 Å². The van der Waals surface area contributed by atoms with Gasteiger partial charge in [0.1, 0.15) is 0 Å². The van der Waals surface area contributed by atoms with Crippen molar-refractivity contribution in [3.8, 4) is 6.07 Å². The van der Waals surface area contributed by atoms with E-state index in [4.69, 9.17) is 10.4 Å². The van der Waals surface area contributed by atoms with Crippen molar-refractivity contribution in [1.29, 1.82) is 5.26 Å². The summed E-state index contributed by atoms with van der Waals surface area (Å²) in [4.78, 5) is -0.315. The average molecular weight is 452 g/mol. The van der Waals surface area contributed by atoms with Crippen LogP contribution in [0.15, 0.2) is 34.1 Å². The Balaban J connectivity index is 2.11. The first-order valence-electron chi connectivity index (χ1n) is 8.12. The zero-order valence-electron chi connectivity index (χ0n) is 15.1. The minimum absolute atomic E-state index is 0.0340. The fourth-order valence-corrected chi connectivity index (χ4v) is 5.89. The number of nitrogens with two attached hydrogens (primary N) is 1. The van der Waals surface area contributed by atoms with Gasteiger partial charge in [0, 0.05) is 46.2 Å². The highest BCUT2D eigenvalue weighted by atomic mass is 32.2. The lowest BCUT2D eigenvalue weighted by molar-refractivity contribution is 0.259. The fraction of sp³-hybridized carbons (Fsp3) is 0.500. The van der Waals surface area contributed by atoms with E-state index in [2.05, 4.69) is 0 Å². The van der Waals surface area contributed by atoms with Crippen molar-refractivity contribution in [2.45, 2.75) is 16.2 Å². The molecule has 0 saturated carbocycles.